The molecule has 2 heteroatoms. The van der Waals surface area contributed by atoms with E-state index in [0.717, 1.165) is 0 Å². The Morgan fingerprint density at radius 3 is 1.04 bits per heavy atom. The molecule has 0 saturated carbocycles. The van der Waals surface area contributed by atoms with Gasteiger partial charge in [0.15, 0.2) is 0 Å². The smallest absolute Gasteiger partial charge is 0.0619 e. The van der Waals surface area contributed by atoms with Crippen molar-refractivity contribution in [3.8, 4) is 33.6 Å². The number of aromatic nitrogens is 2. The van der Waals surface area contributed by atoms with Crippen LogP contribution in [0.1, 0.15) is 0 Å². The van der Waals surface area contributed by atoms with Gasteiger partial charge in [-0.15, -0.1) is 0 Å². The second-order valence-electron chi connectivity index (χ2n) is 14.5. The molecule has 0 radical (unpaired) electrons. The number of benzene rings is 10. The van der Waals surface area contributed by atoms with Crippen LogP contribution in [-0.4, -0.2) is 9.13 Å². The van der Waals surface area contributed by atoms with Gasteiger partial charge in [0.2, 0.25) is 0 Å². The predicted octanol–water partition coefficient (Wildman–Crippen LogP) is 14.1. The lowest BCUT2D eigenvalue weighted by Gasteiger charge is -2.17. The van der Waals surface area contributed by atoms with Gasteiger partial charge in [0.1, 0.15) is 0 Å². The predicted molar refractivity (Wildman–Crippen MR) is 230 cm³/mol. The number of nitrogens with zero attached hydrogens (tertiary/aromatic N) is 2. The van der Waals surface area contributed by atoms with Crippen LogP contribution in [0, 0.1) is 0 Å². The maximum absolute atomic E-state index is 2.43. The Morgan fingerprint density at radius 1 is 0.278 bits per heavy atom. The highest BCUT2D eigenvalue weighted by atomic mass is 15.0. The van der Waals surface area contributed by atoms with E-state index in [9.17, 15) is 0 Å². The Balaban J connectivity index is 1.08. The molecule has 250 valence electrons. The molecule has 0 unspecified atom stereocenters. The highest BCUT2D eigenvalue weighted by Gasteiger charge is 2.20. The molecule has 0 fully saturated rings. The Morgan fingerprint density at radius 2 is 0.630 bits per heavy atom. The number of hydrogen-bond donors (Lipinski definition) is 0. The summed E-state index contributed by atoms with van der Waals surface area (Å²) in [5.41, 5.74) is 12.2. The third-order valence-corrected chi connectivity index (χ3v) is 11.6. The van der Waals surface area contributed by atoms with E-state index in [-0.39, 0.29) is 0 Å². The first-order valence-electron chi connectivity index (χ1n) is 18.7. The van der Waals surface area contributed by atoms with Gasteiger partial charge < -0.3 is 9.13 Å². The summed E-state index contributed by atoms with van der Waals surface area (Å²) in [7, 11) is 0. The van der Waals surface area contributed by atoms with E-state index in [1.54, 1.807) is 0 Å². The SMILES string of the molecule is c1ccc(-n2c3ccccc3c3cccc(-c4cc5ccc6cc(-c7cccc8c9ccccc9n(-c9ccccc9)c78)cc7ccc(c4)c5c67)c32)cc1. The number of rotatable bonds is 4. The molecule has 2 nitrogen and oxygen atoms in total. The Bertz CT molecular complexity index is 3120. The molecule has 2 heterocycles. The van der Waals surface area contributed by atoms with Gasteiger partial charge in [-0.3, -0.25) is 0 Å². The van der Waals surface area contributed by atoms with Crippen molar-refractivity contribution in [1.82, 2.24) is 9.13 Å². The average molecular weight is 685 g/mol. The lowest BCUT2D eigenvalue weighted by atomic mass is 9.89. The first kappa shape index (κ1) is 29.4. The van der Waals surface area contributed by atoms with E-state index >= 15 is 0 Å². The quantitative estimate of drug-likeness (QED) is 0.163. The van der Waals surface area contributed by atoms with Crippen molar-refractivity contribution in [3.05, 3.63) is 194 Å². The standard InChI is InChI=1S/C52H32N2/c1-3-13-39(14-4-1)53-47-23-9-7-17-43(47)45-21-11-19-41(51(45)53)37-29-33-25-27-35-31-38(32-36-28-26-34(30-37)49(33)50(35)36)42-20-12-22-46-44-18-8-10-24-48(44)54(52(42)46)40-15-5-2-6-16-40/h1-32H. The molecule has 0 bridgehead atoms. The zero-order valence-corrected chi connectivity index (χ0v) is 29.4. The zero-order chi connectivity index (χ0) is 35.3. The third kappa shape index (κ3) is 4.11. The maximum atomic E-state index is 2.43. The minimum atomic E-state index is 1.17. The van der Waals surface area contributed by atoms with Crippen LogP contribution in [0.4, 0.5) is 0 Å². The van der Waals surface area contributed by atoms with Crippen molar-refractivity contribution in [3.63, 3.8) is 0 Å². The molecule has 0 saturated heterocycles. The summed E-state index contributed by atoms with van der Waals surface area (Å²) in [5, 5.41) is 12.8. The third-order valence-electron chi connectivity index (χ3n) is 11.6. The summed E-state index contributed by atoms with van der Waals surface area (Å²) >= 11 is 0. The molecule has 12 aromatic rings. The van der Waals surface area contributed by atoms with Gasteiger partial charge in [-0.2, -0.15) is 0 Å². The minimum Gasteiger partial charge on any atom is -0.309 e. The van der Waals surface area contributed by atoms with Crippen molar-refractivity contribution >= 4 is 75.9 Å². The van der Waals surface area contributed by atoms with Gasteiger partial charge in [0.25, 0.3) is 0 Å². The summed E-state index contributed by atoms with van der Waals surface area (Å²) in [6.07, 6.45) is 0. The van der Waals surface area contributed by atoms with Crippen LogP contribution in [-0.2, 0) is 0 Å². The fourth-order valence-corrected chi connectivity index (χ4v) is 9.34. The van der Waals surface area contributed by atoms with Gasteiger partial charge in [-0.1, -0.05) is 133 Å². The molecule has 0 atom stereocenters. The first-order valence-corrected chi connectivity index (χ1v) is 18.7. The van der Waals surface area contributed by atoms with E-state index < -0.39 is 0 Å². The summed E-state index contributed by atoms with van der Waals surface area (Å²) in [6, 6.07) is 71.5. The van der Waals surface area contributed by atoms with Crippen LogP contribution >= 0.6 is 0 Å². The summed E-state index contributed by atoms with van der Waals surface area (Å²) in [6.45, 7) is 0. The highest BCUT2D eigenvalue weighted by Crippen LogP contribution is 2.44. The molecular formula is C52H32N2. The molecule has 0 amide bonds. The molecule has 0 spiro atoms. The molecule has 0 N–H and O–H groups in total. The van der Waals surface area contributed by atoms with E-state index in [2.05, 4.69) is 203 Å². The topological polar surface area (TPSA) is 9.86 Å². The highest BCUT2D eigenvalue weighted by molar-refractivity contribution is 6.26. The molecule has 12 rings (SSSR count). The number of para-hydroxylation sites is 6. The molecular weight excluding hydrogens is 653 g/mol. The van der Waals surface area contributed by atoms with Crippen LogP contribution in [0.15, 0.2) is 194 Å². The molecule has 10 aromatic carbocycles. The van der Waals surface area contributed by atoms with Crippen LogP contribution < -0.4 is 0 Å². The summed E-state index contributed by atoms with van der Waals surface area (Å²) < 4.78 is 4.87. The van der Waals surface area contributed by atoms with Gasteiger partial charge in [-0.25, -0.2) is 0 Å². The Kier molecular flexibility index (Phi) is 6.09. The van der Waals surface area contributed by atoms with Gasteiger partial charge in [0.05, 0.1) is 22.1 Å². The number of hydrogen-bond acceptors (Lipinski definition) is 0. The zero-order valence-electron chi connectivity index (χ0n) is 29.4. The fraction of sp³-hybridized carbons (Fsp3) is 0. The van der Waals surface area contributed by atoms with Crippen LogP contribution in [0.3, 0.4) is 0 Å². The first-order chi connectivity index (χ1) is 26.8. The second-order valence-corrected chi connectivity index (χ2v) is 14.5. The van der Waals surface area contributed by atoms with E-state index in [1.165, 1.54) is 110 Å². The van der Waals surface area contributed by atoms with E-state index in [4.69, 9.17) is 0 Å². The van der Waals surface area contributed by atoms with Crippen LogP contribution in [0.25, 0.3) is 110 Å². The molecule has 0 aliphatic rings. The normalized spacial score (nSPS) is 12.1. The molecule has 0 aliphatic heterocycles. The van der Waals surface area contributed by atoms with Crippen LogP contribution in [0.2, 0.25) is 0 Å². The van der Waals surface area contributed by atoms with Gasteiger partial charge >= 0.3 is 0 Å². The summed E-state index contributed by atoms with van der Waals surface area (Å²) in [4.78, 5) is 0. The van der Waals surface area contributed by atoms with Gasteiger partial charge in [0, 0.05) is 44.0 Å². The Labute approximate surface area is 311 Å². The molecule has 54 heavy (non-hydrogen) atoms. The van der Waals surface area contributed by atoms with Crippen molar-refractivity contribution < 1.29 is 0 Å². The van der Waals surface area contributed by atoms with Crippen molar-refractivity contribution in [2.24, 2.45) is 0 Å². The van der Waals surface area contributed by atoms with E-state index in [0.29, 0.717) is 0 Å². The minimum absolute atomic E-state index is 1.17. The Hall–Kier alpha value is -7.16. The van der Waals surface area contributed by atoms with Crippen molar-refractivity contribution in [2.45, 2.75) is 0 Å². The van der Waals surface area contributed by atoms with Crippen molar-refractivity contribution in [1.29, 1.82) is 0 Å². The van der Waals surface area contributed by atoms with E-state index in [1.807, 2.05) is 0 Å². The number of fused-ring (bicyclic) bond motifs is 6. The van der Waals surface area contributed by atoms with Crippen LogP contribution in [0.5, 0.6) is 0 Å². The summed E-state index contributed by atoms with van der Waals surface area (Å²) in [5.74, 6) is 0. The lowest BCUT2D eigenvalue weighted by molar-refractivity contribution is 1.18. The maximum Gasteiger partial charge on any atom is 0.0619 e. The van der Waals surface area contributed by atoms with Crippen molar-refractivity contribution in [2.75, 3.05) is 0 Å². The van der Waals surface area contributed by atoms with Gasteiger partial charge in [-0.05, 0) is 104 Å². The monoisotopic (exact) mass is 684 g/mol. The second kappa shape index (κ2) is 11.2. The average Bonchev–Trinajstić information content (AvgIpc) is 3.76. The largest absolute Gasteiger partial charge is 0.309 e. The molecule has 0 aliphatic carbocycles. The molecule has 2 aromatic heterocycles. The fourth-order valence-electron chi connectivity index (χ4n) is 9.34. The lowest BCUT2D eigenvalue weighted by Crippen LogP contribution is -1.95.